The number of phenols is 1. The normalized spacial score (nSPS) is 10.5. The first kappa shape index (κ1) is 11.6. The zero-order chi connectivity index (χ0) is 12.3. The molecule has 0 amide bonds. The number of pyridine rings is 1. The van der Waals surface area contributed by atoms with Crippen molar-refractivity contribution >= 4 is 0 Å². The fourth-order valence-corrected chi connectivity index (χ4v) is 1.82. The first-order valence-corrected chi connectivity index (χ1v) is 5.91. The van der Waals surface area contributed by atoms with Crippen molar-refractivity contribution < 1.29 is 5.11 Å². The molecule has 1 heterocycles. The highest BCUT2D eigenvalue weighted by Gasteiger charge is 2.03. The van der Waals surface area contributed by atoms with E-state index in [0.29, 0.717) is 12.2 Å². The van der Waals surface area contributed by atoms with Gasteiger partial charge in [0.1, 0.15) is 5.75 Å². The van der Waals surface area contributed by atoms with Crippen LogP contribution in [0.25, 0.3) is 0 Å². The number of aromatic hydroxyl groups is 1. The third-order valence-corrected chi connectivity index (χ3v) is 2.90. The molecule has 1 aromatic heterocycles. The van der Waals surface area contributed by atoms with Gasteiger partial charge in [-0.3, -0.25) is 4.98 Å². The van der Waals surface area contributed by atoms with Gasteiger partial charge in [0.15, 0.2) is 0 Å². The minimum Gasteiger partial charge on any atom is -0.508 e. The SMILES string of the molecule is CCc1ccc(Cc2cc(C)ccc2O)nc1. The molecule has 0 radical (unpaired) electrons. The van der Waals surface area contributed by atoms with Gasteiger partial charge in [-0.1, -0.05) is 30.7 Å². The van der Waals surface area contributed by atoms with E-state index < -0.39 is 0 Å². The zero-order valence-corrected chi connectivity index (χ0v) is 10.3. The van der Waals surface area contributed by atoms with Gasteiger partial charge >= 0.3 is 0 Å². The molecular weight excluding hydrogens is 210 g/mol. The van der Waals surface area contributed by atoms with Crippen molar-refractivity contribution in [3.05, 3.63) is 58.9 Å². The summed E-state index contributed by atoms with van der Waals surface area (Å²) in [7, 11) is 0. The van der Waals surface area contributed by atoms with E-state index in [9.17, 15) is 5.11 Å². The maximum Gasteiger partial charge on any atom is 0.119 e. The number of hydrogen-bond donors (Lipinski definition) is 1. The Hall–Kier alpha value is -1.83. The summed E-state index contributed by atoms with van der Waals surface area (Å²) < 4.78 is 0. The molecule has 0 aliphatic carbocycles. The van der Waals surface area contributed by atoms with E-state index in [1.54, 1.807) is 6.07 Å². The molecule has 0 saturated heterocycles. The first-order valence-electron chi connectivity index (χ1n) is 5.91. The van der Waals surface area contributed by atoms with Crippen LogP contribution >= 0.6 is 0 Å². The number of rotatable bonds is 3. The lowest BCUT2D eigenvalue weighted by Crippen LogP contribution is -1.94. The number of nitrogens with zero attached hydrogens (tertiary/aromatic N) is 1. The molecule has 1 aromatic carbocycles. The summed E-state index contributed by atoms with van der Waals surface area (Å²) in [5, 5.41) is 9.77. The van der Waals surface area contributed by atoms with E-state index in [4.69, 9.17) is 0 Å². The van der Waals surface area contributed by atoms with Crippen LogP contribution in [-0.4, -0.2) is 10.1 Å². The van der Waals surface area contributed by atoms with Crippen molar-refractivity contribution in [1.82, 2.24) is 4.98 Å². The third-order valence-electron chi connectivity index (χ3n) is 2.90. The van der Waals surface area contributed by atoms with Gasteiger partial charge in [0.2, 0.25) is 0 Å². The number of hydrogen-bond acceptors (Lipinski definition) is 2. The Labute approximate surface area is 102 Å². The van der Waals surface area contributed by atoms with Gasteiger partial charge in [-0.25, -0.2) is 0 Å². The average molecular weight is 227 g/mol. The Morgan fingerprint density at radius 1 is 1.18 bits per heavy atom. The fourth-order valence-electron chi connectivity index (χ4n) is 1.82. The van der Waals surface area contributed by atoms with Crippen LogP contribution < -0.4 is 0 Å². The Balaban J connectivity index is 2.22. The molecule has 0 fully saturated rings. The molecule has 1 N–H and O–H groups in total. The molecule has 0 aliphatic rings. The van der Waals surface area contributed by atoms with Gasteiger partial charge in [-0.2, -0.15) is 0 Å². The van der Waals surface area contributed by atoms with E-state index in [0.717, 1.165) is 23.2 Å². The van der Waals surface area contributed by atoms with Gasteiger partial charge in [0.25, 0.3) is 0 Å². The van der Waals surface area contributed by atoms with Crippen LogP contribution in [0.1, 0.15) is 29.3 Å². The van der Waals surface area contributed by atoms with Crippen LogP contribution in [-0.2, 0) is 12.8 Å². The van der Waals surface area contributed by atoms with Crippen molar-refractivity contribution in [2.75, 3.05) is 0 Å². The van der Waals surface area contributed by atoms with Crippen molar-refractivity contribution in [2.45, 2.75) is 26.7 Å². The molecule has 2 rings (SSSR count). The van der Waals surface area contributed by atoms with Crippen molar-refractivity contribution in [1.29, 1.82) is 0 Å². The van der Waals surface area contributed by atoms with Gasteiger partial charge < -0.3 is 5.11 Å². The molecule has 17 heavy (non-hydrogen) atoms. The Morgan fingerprint density at radius 3 is 2.65 bits per heavy atom. The van der Waals surface area contributed by atoms with E-state index in [1.165, 1.54) is 5.56 Å². The minimum absolute atomic E-state index is 0.344. The Morgan fingerprint density at radius 2 is 2.00 bits per heavy atom. The molecule has 88 valence electrons. The summed E-state index contributed by atoms with van der Waals surface area (Å²) in [5.74, 6) is 0.344. The molecular formula is C15H17NO. The number of benzene rings is 1. The van der Waals surface area contributed by atoms with Crippen molar-refractivity contribution in [2.24, 2.45) is 0 Å². The van der Waals surface area contributed by atoms with Gasteiger partial charge in [-0.15, -0.1) is 0 Å². The smallest absolute Gasteiger partial charge is 0.119 e. The molecule has 0 bridgehead atoms. The van der Waals surface area contributed by atoms with Crippen LogP contribution in [0.4, 0.5) is 0 Å². The van der Waals surface area contributed by atoms with Crippen molar-refractivity contribution in [3.8, 4) is 5.75 Å². The summed E-state index contributed by atoms with van der Waals surface area (Å²) in [5.41, 5.74) is 4.31. The predicted octanol–water partition coefficient (Wildman–Crippen LogP) is 3.25. The molecule has 2 nitrogen and oxygen atoms in total. The average Bonchev–Trinajstić information content (AvgIpc) is 2.35. The Kier molecular flexibility index (Phi) is 3.43. The van der Waals surface area contributed by atoms with Gasteiger partial charge in [0, 0.05) is 23.9 Å². The number of phenolic OH excluding ortho intramolecular Hbond substituents is 1. The maximum atomic E-state index is 9.77. The maximum absolute atomic E-state index is 9.77. The molecule has 2 heteroatoms. The minimum atomic E-state index is 0.344. The summed E-state index contributed by atoms with van der Waals surface area (Å²) in [4.78, 5) is 4.40. The van der Waals surface area contributed by atoms with Crippen LogP contribution in [0.15, 0.2) is 36.5 Å². The predicted molar refractivity (Wildman–Crippen MR) is 69.3 cm³/mol. The standard InChI is InChI=1S/C15H17NO/c1-3-12-5-6-14(16-10-12)9-13-8-11(2)4-7-15(13)17/h4-8,10,17H,3,9H2,1-2H3. The lowest BCUT2D eigenvalue weighted by molar-refractivity contribution is 0.469. The van der Waals surface area contributed by atoms with Crippen LogP contribution in [0.3, 0.4) is 0 Å². The third kappa shape index (κ3) is 2.84. The largest absolute Gasteiger partial charge is 0.508 e. The lowest BCUT2D eigenvalue weighted by atomic mass is 10.0. The van der Waals surface area contributed by atoms with E-state index >= 15 is 0 Å². The van der Waals surface area contributed by atoms with Crippen molar-refractivity contribution in [3.63, 3.8) is 0 Å². The second kappa shape index (κ2) is 5.00. The highest BCUT2D eigenvalue weighted by atomic mass is 16.3. The summed E-state index contributed by atoms with van der Waals surface area (Å²) >= 11 is 0. The molecule has 2 aromatic rings. The lowest BCUT2D eigenvalue weighted by Gasteiger charge is -2.06. The highest BCUT2D eigenvalue weighted by molar-refractivity contribution is 5.38. The number of aromatic nitrogens is 1. The van der Waals surface area contributed by atoms with Gasteiger partial charge in [0.05, 0.1) is 0 Å². The number of aryl methyl sites for hydroxylation is 2. The van der Waals surface area contributed by atoms with Crippen LogP contribution in [0.2, 0.25) is 0 Å². The molecule has 0 unspecified atom stereocenters. The summed E-state index contributed by atoms with van der Waals surface area (Å²) in [6.07, 6.45) is 3.59. The quantitative estimate of drug-likeness (QED) is 0.873. The van der Waals surface area contributed by atoms with E-state index in [1.807, 2.05) is 31.3 Å². The molecule has 0 spiro atoms. The first-order chi connectivity index (χ1) is 8.19. The topological polar surface area (TPSA) is 33.1 Å². The molecule has 0 atom stereocenters. The van der Waals surface area contributed by atoms with Crippen LogP contribution in [0, 0.1) is 6.92 Å². The fraction of sp³-hybridized carbons (Fsp3) is 0.267. The summed E-state index contributed by atoms with van der Waals surface area (Å²) in [6.45, 7) is 4.14. The van der Waals surface area contributed by atoms with Crippen LogP contribution in [0.5, 0.6) is 5.75 Å². The van der Waals surface area contributed by atoms with E-state index in [2.05, 4.69) is 18.0 Å². The second-order valence-corrected chi connectivity index (χ2v) is 4.32. The molecule has 0 aliphatic heterocycles. The second-order valence-electron chi connectivity index (χ2n) is 4.32. The monoisotopic (exact) mass is 227 g/mol. The van der Waals surface area contributed by atoms with Gasteiger partial charge in [-0.05, 0) is 31.0 Å². The molecule has 0 saturated carbocycles. The van der Waals surface area contributed by atoms with E-state index in [-0.39, 0.29) is 0 Å². The zero-order valence-electron chi connectivity index (χ0n) is 10.3. The highest BCUT2D eigenvalue weighted by Crippen LogP contribution is 2.20. The Bertz CT molecular complexity index is 503. The summed E-state index contributed by atoms with van der Waals surface area (Å²) in [6, 6.07) is 9.78.